The second-order valence-electron chi connectivity index (χ2n) is 20.2. The van der Waals surface area contributed by atoms with Gasteiger partial charge in [0.1, 0.15) is 29.8 Å². The monoisotopic (exact) mass is 905 g/mol. The molecule has 2 amide bonds. The molecule has 4 bridgehead atoms. The number of ketones is 1. The fraction of sp³-hybridized carbons (Fsp3) is 0.560. The summed E-state index contributed by atoms with van der Waals surface area (Å²) in [7, 11) is 2.01. The van der Waals surface area contributed by atoms with Gasteiger partial charge in [0.15, 0.2) is 22.7 Å². The van der Waals surface area contributed by atoms with Gasteiger partial charge in [-0.25, -0.2) is 4.68 Å². The van der Waals surface area contributed by atoms with E-state index >= 15 is 4.79 Å². The van der Waals surface area contributed by atoms with Gasteiger partial charge in [-0.1, -0.05) is 29.4 Å². The number of hydrogen-bond acceptors (Lipinski definition) is 13. The fourth-order valence-corrected chi connectivity index (χ4v) is 11.4. The van der Waals surface area contributed by atoms with Crippen molar-refractivity contribution in [2.45, 2.75) is 122 Å². The summed E-state index contributed by atoms with van der Waals surface area (Å²) in [4.78, 5) is 65.4. The zero-order chi connectivity index (χ0) is 47.1. The summed E-state index contributed by atoms with van der Waals surface area (Å²) < 4.78 is 30.5. The third kappa shape index (κ3) is 7.21. The Morgan fingerprint density at radius 1 is 1.02 bits per heavy atom. The summed E-state index contributed by atoms with van der Waals surface area (Å²) in [5.41, 5.74) is 0.838. The first-order valence-electron chi connectivity index (χ1n) is 23.3. The molecule has 3 N–H and O–H groups in total. The maximum absolute atomic E-state index is 15.6. The van der Waals surface area contributed by atoms with Gasteiger partial charge in [0.25, 0.3) is 0 Å². The number of amides is 2. The van der Waals surface area contributed by atoms with E-state index in [2.05, 4.69) is 51.6 Å². The minimum Gasteiger partial charge on any atom is -0.482 e. The third-order valence-electron chi connectivity index (χ3n) is 14.7. The van der Waals surface area contributed by atoms with Gasteiger partial charge in [-0.05, 0) is 100 Å². The molecule has 3 saturated carbocycles. The fourth-order valence-electron chi connectivity index (χ4n) is 11.4. The molecule has 6 atom stereocenters. The van der Waals surface area contributed by atoms with Crippen LogP contribution in [0.25, 0.3) is 11.8 Å². The van der Waals surface area contributed by atoms with Crippen LogP contribution >= 0.6 is 0 Å². The van der Waals surface area contributed by atoms with Crippen molar-refractivity contribution in [2.75, 3.05) is 51.7 Å². The second kappa shape index (κ2) is 16.6. The van der Waals surface area contributed by atoms with Crippen LogP contribution in [0.2, 0.25) is 0 Å². The Morgan fingerprint density at radius 3 is 2.47 bits per heavy atom. The van der Waals surface area contributed by atoms with E-state index in [1.807, 2.05) is 53.8 Å². The van der Waals surface area contributed by atoms with E-state index in [1.54, 1.807) is 22.6 Å². The Bertz CT molecular complexity index is 2550. The maximum atomic E-state index is 15.6. The average Bonchev–Trinajstić information content (AvgIpc) is 3.79. The van der Waals surface area contributed by atoms with Crippen molar-refractivity contribution in [2.24, 2.45) is 11.8 Å². The summed E-state index contributed by atoms with van der Waals surface area (Å²) in [5, 5.41) is 20.4. The SMILES string of the molecule is CC(C)=CCCC1(C)C=Cc2c(c(CC=C(C)C)c3c(c2OC(=O)CC(=O)N2CCN(C)CC2)C2=C4C(C5CC6C(C)(C)OC(C/C=C(/C)C(=O)NCCO)(C5=O)C46O3)n3ncnc3N2)O1. The van der Waals surface area contributed by atoms with E-state index in [4.69, 9.17) is 18.9 Å². The van der Waals surface area contributed by atoms with Crippen LogP contribution in [0.3, 0.4) is 0 Å². The van der Waals surface area contributed by atoms with Crippen LogP contribution in [0, 0.1) is 11.8 Å². The van der Waals surface area contributed by atoms with Gasteiger partial charge in [-0.3, -0.25) is 19.2 Å². The molecule has 6 heterocycles. The predicted octanol–water partition coefficient (Wildman–Crippen LogP) is 5.49. The first kappa shape index (κ1) is 45.6. The normalized spacial score (nSPS) is 28.5. The van der Waals surface area contributed by atoms with E-state index < -0.39 is 46.8 Å². The number of benzene rings is 1. The van der Waals surface area contributed by atoms with Gasteiger partial charge in [0.05, 0.1) is 35.1 Å². The quantitative estimate of drug-likeness (QED) is 0.0755. The van der Waals surface area contributed by atoms with Gasteiger partial charge in [-0.2, -0.15) is 10.1 Å². The van der Waals surface area contributed by atoms with Crippen molar-refractivity contribution in [1.29, 1.82) is 0 Å². The number of anilines is 1. The van der Waals surface area contributed by atoms with Crippen LogP contribution in [0.5, 0.6) is 17.2 Å². The number of aliphatic hydroxyl groups excluding tert-OH is 1. The summed E-state index contributed by atoms with van der Waals surface area (Å²) in [6.07, 6.45) is 13.2. The topological polar surface area (TPSA) is 187 Å². The maximum Gasteiger partial charge on any atom is 0.320 e. The van der Waals surface area contributed by atoms with Gasteiger partial charge in [0, 0.05) is 67.7 Å². The molecular weight excluding hydrogens is 843 g/mol. The van der Waals surface area contributed by atoms with Gasteiger partial charge in [-0.15, -0.1) is 0 Å². The first-order valence-corrected chi connectivity index (χ1v) is 23.3. The molecule has 16 heteroatoms. The molecule has 66 heavy (non-hydrogen) atoms. The van der Waals surface area contributed by atoms with Crippen LogP contribution in [-0.2, 0) is 30.3 Å². The van der Waals surface area contributed by atoms with Crippen molar-refractivity contribution in [3.63, 3.8) is 0 Å². The zero-order valence-electron chi connectivity index (χ0n) is 39.6. The molecule has 2 aromatic rings. The van der Waals surface area contributed by atoms with Gasteiger partial charge in [0.2, 0.25) is 17.8 Å². The number of hydrogen-bond donors (Lipinski definition) is 3. The van der Waals surface area contributed by atoms with Crippen molar-refractivity contribution in [1.82, 2.24) is 29.9 Å². The number of nitrogens with zero attached hydrogens (tertiary/aromatic N) is 5. The van der Waals surface area contributed by atoms with E-state index in [9.17, 15) is 19.5 Å². The minimum atomic E-state index is -1.62. The number of ether oxygens (including phenoxy) is 4. The van der Waals surface area contributed by atoms with Crippen LogP contribution in [0.15, 0.2) is 52.9 Å². The van der Waals surface area contributed by atoms with Crippen LogP contribution in [0.1, 0.15) is 110 Å². The number of carbonyl (C=O) groups excluding carboxylic acids is 4. The summed E-state index contributed by atoms with van der Waals surface area (Å²) in [6.45, 7) is 18.2. The van der Waals surface area contributed by atoms with Gasteiger partial charge >= 0.3 is 5.97 Å². The van der Waals surface area contributed by atoms with Gasteiger partial charge < -0.3 is 44.5 Å². The number of nitrogens with one attached hydrogen (secondary N) is 2. The lowest BCUT2D eigenvalue weighted by Gasteiger charge is -2.62. The Hall–Kier alpha value is -5.58. The number of piperazine rings is 1. The Kier molecular flexibility index (Phi) is 11.5. The third-order valence-corrected chi connectivity index (χ3v) is 14.7. The number of esters is 1. The average molecular weight is 906 g/mol. The molecule has 1 spiro atoms. The highest BCUT2D eigenvalue weighted by molar-refractivity contribution is 6.04. The molecule has 3 aliphatic carbocycles. The van der Waals surface area contributed by atoms with Crippen molar-refractivity contribution < 1.29 is 43.2 Å². The number of fused-ring (bicyclic) bond motifs is 4. The first-order chi connectivity index (χ1) is 31.3. The largest absolute Gasteiger partial charge is 0.482 e. The lowest BCUT2D eigenvalue weighted by Crippen LogP contribution is -2.75. The molecule has 5 aliphatic heterocycles. The van der Waals surface area contributed by atoms with E-state index in [-0.39, 0.29) is 48.8 Å². The zero-order valence-corrected chi connectivity index (χ0v) is 39.6. The highest BCUT2D eigenvalue weighted by atomic mass is 16.6. The number of Topliss-reactive ketones (excluding diaryl/α,β-unsaturated/α-hetero) is 1. The molecule has 1 aromatic carbocycles. The smallest absolute Gasteiger partial charge is 0.320 e. The number of aromatic nitrogens is 3. The van der Waals surface area contributed by atoms with Crippen molar-refractivity contribution >= 4 is 41.3 Å². The molecule has 8 aliphatic rings. The molecule has 352 valence electrons. The van der Waals surface area contributed by atoms with Crippen molar-refractivity contribution in [3.8, 4) is 17.2 Å². The molecule has 10 rings (SSSR count). The lowest BCUT2D eigenvalue weighted by atomic mass is 9.47. The van der Waals surface area contributed by atoms with Crippen LogP contribution in [-0.4, -0.2) is 122 Å². The van der Waals surface area contributed by atoms with E-state index in [0.717, 1.165) is 17.6 Å². The Labute approximate surface area is 386 Å². The predicted molar refractivity (Wildman–Crippen MR) is 247 cm³/mol. The van der Waals surface area contributed by atoms with Crippen molar-refractivity contribution in [3.05, 3.63) is 69.6 Å². The van der Waals surface area contributed by atoms with E-state index in [0.29, 0.717) is 90.8 Å². The number of likely N-dealkylation sites (N-methyl/N-ethyl adjacent to an activating group) is 1. The second-order valence-corrected chi connectivity index (χ2v) is 20.2. The summed E-state index contributed by atoms with van der Waals surface area (Å²) >= 11 is 0. The molecule has 2 saturated heterocycles. The Morgan fingerprint density at radius 2 is 1.76 bits per heavy atom. The number of rotatable bonds is 13. The number of carbonyl (C=O) groups is 4. The molecule has 1 aromatic heterocycles. The number of aliphatic hydroxyl groups is 1. The molecule has 16 nitrogen and oxygen atoms in total. The molecule has 0 radical (unpaired) electrons. The lowest BCUT2D eigenvalue weighted by molar-refractivity contribution is -0.181. The summed E-state index contributed by atoms with van der Waals surface area (Å²) in [5.74, 6) is -1.15. The van der Waals surface area contributed by atoms with Crippen LogP contribution in [0.4, 0.5) is 5.95 Å². The minimum absolute atomic E-state index is 0.00977. The van der Waals surface area contributed by atoms with Crippen LogP contribution < -0.4 is 24.8 Å². The molecular formula is C50H63N7O9. The molecule has 6 unspecified atom stereocenters. The number of allylic oxidation sites excluding steroid dienone is 4. The summed E-state index contributed by atoms with van der Waals surface area (Å²) in [6, 6.07) is -0.635. The molecule has 5 fully saturated rings. The van der Waals surface area contributed by atoms with E-state index in [1.165, 1.54) is 11.9 Å². The highest BCUT2D eigenvalue weighted by Crippen LogP contribution is 2.74. The Balaban J connectivity index is 1.29. The standard InChI is InChI=1S/C50H63N7O9/c1-28(2)11-10-16-48(8)17-15-32-41(64-48)31(13-12-29(3)4)43-37(42(32)63-36(60)26-35(59)56-22-20-55(9)21-23-56)39-38-40(57-46(54-39)52-27-53-57)33-25-34-47(6,7)66-49(44(33)61,50(34,38)65-43)18-14-30(5)45(62)51-19-24-58/h11-12,14-15,17,27,33-34,40,58H,10,13,16,18-26H2,1-9H3,(H,51,62)(H,52,53,54)/b30-14-. The highest BCUT2D eigenvalue weighted by Gasteiger charge is 2.84.